The number of carbonyl (C=O) groups excluding carboxylic acids is 8. The van der Waals surface area contributed by atoms with E-state index in [0.29, 0.717) is 45.3 Å². The second-order valence-electron chi connectivity index (χ2n) is 25.4. The summed E-state index contributed by atoms with van der Waals surface area (Å²) < 4.78 is 31.7. The van der Waals surface area contributed by atoms with Crippen molar-refractivity contribution >= 4 is 63.3 Å². The van der Waals surface area contributed by atoms with Gasteiger partial charge >= 0.3 is 11.9 Å². The first-order valence-corrected chi connectivity index (χ1v) is 33.1. The van der Waals surface area contributed by atoms with Crippen molar-refractivity contribution < 1.29 is 76.7 Å². The van der Waals surface area contributed by atoms with Gasteiger partial charge in [0.2, 0.25) is 45.5 Å². The van der Waals surface area contributed by atoms with E-state index in [1.165, 1.54) is 12.2 Å². The minimum absolute atomic E-state index is 0.114. The molecule has 7 fully saturated rings. The van der Waals surface area contributed by atoms with Gasteiger partial charge in [0.1, 0.15) is 16.6 Å². The lowest BCUT2D eigenvalue weighted by atomic mass is 9.93. The average Bonchev–Trinajstić information content (AvgIpc) is 1.61. The molecule has 7 amide bonds. The number of amides is 7. The Hall–Kier alpha value is -6.50. The second kappa shape index (κ2) is 32.5. The third kappa shape index (κ3) is 18.6. The highest BCUT2D eigenvalue weighted by molar-refractivity contribution is 7.91. The van der Waals surface area contributed by atoms with Gasteiger partial charge in [-0.05, 0) is 135 Å². The molecule has 7 saturated carbocycles. The molecule has 0 aromatic rings. The first-order valence-electron chi connectivity index (χ1n) is 31.5. The Morgan fingerprint density at radius 1 is 0.506 bits per heavy atom. The first-order chi connectivity index (χ1) is 42.1. The lowest BCUT2D eigenvalue weighted by molar-refractivity contribution is -0.150. The van der Waals surface area contributed by atoms with Gasteiger partial charge in [0, 0.05) is 58.5 Å². The van der Waals surface area contributed by atoms with Crippen LogP contribution in [-0.4, -0.2) is 184 Å². The molecule has 7 aliphatic rings. The summed E-state index contributed by atoms with van der Waals surface area (Å²) in [7, 11) is 1.34. The molecule has 8 N–H and O–H groups in total. The number of ether oxygens (including phenoxy) is 1. The van der Waals surface area contributed by atoms with Gasteiger partial charge in [-0.1, -0.05) is 36.5 Å². The fourth-order valence-corrected chi connectivity index (χ4v) is 14.1. The van der Waals surface area contributed by atoms with Crippen molar-refractivity contribution in [3.05, 3.63) is 75.9 Å². The van der Waals surface area contributed by atoms with Crippen LogP contribution in [0.4, 0.5) is 0 Å². The minimum Gasteiger partial charge on any atom is -0.479 e. The standard InChI is InChI=1S/C23H35N3O6S.C22H34N2O5.C20H30N2O5/c1-4-6-7-8-11-26(3)21(29)19-13-16(27)12-18(19)20(28)24-23(14-15(23)5-2)22(30)25-33(31,32)17-9-10-17;1-5-8-9-10-11-24(4)20(27)18-13-16(25)12-17(18)19(26)23-22(14-15(22)6-2)21(28)29-7-3;1-4-6-7-8-9-22(3)18(25)16-11-14(23)10-15(16)17(24)21-20(19(26)27)12-13(20)5-2/h4-5,15-19,27H,1-2,6-14H2,3H3,(H,24,28)(H,25,30);5-6,15-18,25H,1-2,7-14H2,3-4H3,(H,23,26);4-5,13-16,23H,1-2,6-12H2,3H3,(H,21,24)(H,26,27)/t15-,16-,18-,19-,23-;15-,16-,17-,18-,22-;13-,14-,15-,16-,20-/m111/s1. The molecule has 89 heavy (non-hydrogen) atoms. The van der Waals surface area contributed by atoms with Crippen LogP contribution in [0.3, 0.4) is 0 Å². The van der Waals surface area contributed by atoms with Crippen molar-refractivity contribution in [3.8, 4) is 0 Å². The molecule has 7 rings (SSSR count). The molecule has 0 heterocycles. The number of carbonyl (C=O) groups is 9. The molecule has 23 nitrogen and oxygen atoms in total. The zero-order valence-corrected chi connectivity index (χ0v) is 53.4. The molecule has 24 heteroatoms. The van der Waals surface area contributed by atoms with E-state index in [1.54, 1.807) is 48.8 Å². The molecular weight excluding hydrogens is 1170 g/mol. The van der Waals surface area contributed by atoms with Crippen LogP contribution in [0.25, 0.3) is 0 Å². The first kappa shape index (κ1) is 73.2. The number of allylic oxidation sites excluding steroid dienone is 3. The average molecular weight is 1270 g/mol. The van der Waals surface area contributed by atoms with Gasteiger partial charge in [-0.2, -0.15) is 0 Å². The third-order valence-corrected chi connectivity index (χ3v) is 20.5. The zero-order valence-electron chi connectivity index (χ0n) is 52.6. The smallest absolute Gasteiger partial charge is 0.332 e. The number of aliphatic hydroxyl groups excluding tert-OH is 3. The van der Waals surface area contributed by atoms with E-state index in [1.807, 2.05) is 18.2 Å². The van der Waals surface area contributed by atoms with Gasteiger partial charge in [0.05, 0.1) is 65.7 Å². The Morgan fingerprint density at radius 3 is 1.12 bits per heavy atom. The number of nitrogens with zero attached hydrogens (tertiary/aromatic N) is 3. The molecule has 0 aromatic carbocycles. The van der Waals surface area contributed by atoms with E-state index in [-0.39, 0.29) is 87.0 Å². The molecule has 0 aliphatic heterocycles. The van der Waals surface area contributed by atoms with E-state index in [0.717, 1.165) is 57.8 Å². The predicted molar refractivity (Wildman–Crippen MR) is 334 cm³/mol. The highest BCUT2D eigenvalue weighted by Gasteiger charge is 2.64. The van der Waals surface area contributed by atoms with Gasteiger partial charge in [-0.15, -0.1) is 39.5 Å². The van der Waals surface area contributed by atoms with Crippen LogP contribution in [-0.2, 0) is 57.9 Å². The molecule has 7 aliphatic carbocycles. The monoisotopic (exact) mass is 1270 g/mol. The zero-order chi connectivity index (χ0) is 66.2. The van der Waals surface area contributed by atoms with Crippen LogP contribution in [0, 0.1) is 53.3 Å². The number of hydrogen-bond donors (Lipinski definition) is 8. The maximum Gasteiger partial charge on any atom is 0.332 e. The number of nitrogens with one attached hydrogen (secondary N) is 4. The summed E-state index contributed by atoms with van der Waals surface area (Å²) in [6.07, 6.45) is 19.0. The maximum absolute atomic E-state index is 13.2. The summed E-state index contributed by atoms with van der Waals surface area (Å²) in [5.41, 5.74) is -3.80. The number of aliphatic carboxylic acids is 1. The molecule has 0 radical (unpaired) electrons. The summed E-state index contributed by atoms with van der Waals surface area (Å²) in [5, 5.41) is 47.4. The number of carboxylic acids is 1. The molecule has 15 atom stereocenters. The van der Waals surface area contributed by atoms with E-state index < -0.39 is 121 Å². The summed E-state index contributed by atoms with van der Waals surface area (Å²) in [6, 6.07) is 0. The van der Waals surface area contributed by atoms with E-state index in [9.17, 15) is 72.0 Å². The summed E-state index contributed by atoms with van der Waals surface area (Å²) in [4.78, 5) is 119. The number of aliphatic hydroxyl groups is 3. The largest absolute Gasteiger partial charge is 0.479 e. The number of sulfonamides is 1. The van der Waals surface area contributed by atoms with Crippen LogP contribution in [0.5, 0.6) is 0 Å². The molecule has 0 saturated heterocycles. The van der Waals surface area contributed by atoms with Crippen LogP contribution >= 0.6 is 0 Å². The van der Waals surface area contributed by atoms with Crippen molar-refractivity contribution in [3.63, 3.8) is 0 Å². The normalized spacial score (nSPS) is 31.0. The van der Waals surface area contributed by atoms with Gasteiger partial charge in [0.15, 0.2) is 0 Å². The van der Waals surface area contributed by atoms with Crippen LogP contribution in [0.2, 0.25) is 0 Å². The second-order valence-corrected chi connectivity index (χ2v) is 27.3. The SMILES string of the molecule is C=CCCCCN(C)C(=O)[C@@H]1C[C@H](O)C[C@H]1C(=O)N[C@]1(C(=O)NS(=O)(=O)C2CC2)C[C@H]1C=C.C=CCCCCN(C)C(=O)[C@@H]1C[C@H](O)C[C@H]1C(=O)N[C@]1(C(=O)O)C[C@H]1C=C.C=CCCCCN(C)C(=O)[C@@H]1C[C@H](O)C[C@H]1C(=O)N[C@]1(C(=O)OCC)C[C@H]1C=C. The number of unbranched alkanes of at least 4 members (excludes halogenated alkanes) is 6. The molecule has 0 bridgehead atoms. The van der Waals surface area contributed by atoms with Crippen molar-refractivity contribution in [2.75, 3.05) is 47.4 Å². The highest BCUT2D eigenvalue weighted by atomic mass is 32.2. The topological polar surface area (TPSA) is 336 Å². The van der Waals surface area contributed by atoms with E-state index in [4.69, 9.17) is 4.74 Å². The molecule has 0 unspecified atom stereocenters. The van der Waals surface area contributed by atoms with Crippen LogP contribution in [0.15, 0.2) is 75.9 Å². The van der Waals surface area contributed by atoms with E-state index >= 15 is 0 Å². The number of esters is 1. The van der Waals surface area contributed by atoms with Crippen molar-refractivity contribution in [2.24, 2.45) is 53.3 Å². The Morgan fingerprint density at radius 2 is 0.820 bits per heavy atom. The summed E-state index contributed by atoms with van der Waals surface area (Å²) >= 11 is 0. The lowest BCUT2D eigenvalue weighted by Crippen LogP contribution is -2.54. The fourth-order valence-electron chi connectivity index (χ4n) is 12.7. The fraction of sp³-hybridized carbons (Fsp3) is 0.677. The van der Waals surface area contributed by atoms with Gasteiger partial charge in [-0.25, -0.2) is 18.0 Å². The van der Waals surface area contributed by atoms with Gasteiger partial charge < -0.3 is 55.8 Å². The molecule has 0 spiro atoms. The number of hydrogen-bond acceptors (Lipinski definition) is 15. The summed E-state index contributed by atoms with van der Waals surface area (Å²) in [6.45, 7) is 25.7. The quantitative estimate of drug-likeness (QED) is 0.0261. The maximum atomic E-state index is 13.2. The number of rotatable bonds is 33. The lowest BCUT2D eigenvalue weighted by Gasteiger charge is -2.26. The number of carboxylic acid groups (broad SMARTS) is 1. The minimum atomic E-state index is -3.77. The summed E-state index contributed by atoms with van der Waals surface area (Å²) in [5.74, 6) is -9.21. The van der Waals surface area contributed by atoms with Gasteiger partial charge in [-0.3, -0.25) is 38.3 Å². The van der Waals surface area contributed by atoms with Crippen molar-refractivity contribution in [1.82, 2.24) is 35.4 Å². The highest BCUT2D eigenvalue weighted by Crippen LogP contribution is 2.49. The Kier molecular flexibility index (Phi) is 26.7. The van der Waals surface area contributed by atoms with Gasteiger partial charge in [0.25, 0.3) is 5.91 Å². The van der Waals surface area contributed by atoms with E-state index in [2.05, 4.69) is 60.1 Å². The van der Waals surface area contributed by atoms with Crippen LogP contribution < -0.4 is 20.7 Å². The Bertz CT molecular complexity index is 2760. The molecule has 0 aromatic heterocycles. The Balaban J connectivity index is 0.000000244. The Labute approximate surface area is 525 Å². The van der Waals surface area contributed by atoms with Crippen molar-refractivity contribution in [2.45, 2.75) is 176 Å². The predicted octanol–water partition coefficient (Wildman–Crippen LogP) is 4.00. The van der Waals surface area contributed by atoms with Crippen LogP contribution in [0.1, 0.15) is 135 Å². The van der Waals surface area contributed by atoms with Crippen molar-refractivity contribution in [1.29, 1.82) is 0 Å². The third-order valence-electron chi connectivity index (χ3n) is 18.7. The molecular formula is C65H99N7O16S. The molecule has 496 valence electrons.